The number of para-hydroxylation sites is 2. The molecule has 0 fully saturated rings. The lowest BCUT2D eigenvalue weighted by molar-refractivity contribution is 0.670. The molecule has 0 aliphatic carbocycles. The molecule has 0 spiro atoms. The standard InChI is InChI=1S/C43H27NO/c1-3-17-37-35(15-1)41(31-12-7-10-29(26-31)28-22-24-44-25-23-28)36-16-2-4-18-38(36)42(37)32-13-8-11-30(27-32)33-19-9-20-39-34-14-5-6-21-40(34)45-43(33)39/h1-27H. The Balaban J connectivity index is 1.28. The number of hydrogen-bond acceptors (Lipinski definition) is 2. The summed E-state index contributed by atoms with van der Waals surface area (Å²) < 4.78 is 6.43. The zero-order valence-electron chi connectivity index (χ0n) is 24.4. The molecule has 9 rings (SSSR count). The maximum atomic E-state index is 6.43. The van der Waals surface area contributed by atoms with Crippen LogP contribution >= 0.6 is 0 Å². The molecule has 0 aliphatic heterocycles. The Kier molecular flexibility index (Phi) is 5.85. The summed E-state index contributed by atoms with van der Waals surface area (Å²) in [7, 11) is 0. The SMILES string of the molecule is c1cc(-c2ccncc2)cc(-c2c3ccccc3c(-c3cccc(-c4cccc5c4oc4ccccc45)c3)c3ccccc23)c1. The molecule has 210 valence electrons. The van der Waals surface area contributed by atoms with Crippen LogP contribution in [0, 0.1) is 0 Å². The van der Waals surface area contributed by atoms with Gasteiger partial charge in [-0.25, -0.2) is 0 Å². The fraction of sp³-hybridized carbons (Fsp3) is 0. The zero-order chi connectivity index (χ0) is 29.7. The molecule has 45 heavy (non-hydrogen) atoms. The smallest absolute Gasteiger partial charge is 0.143 e. The Labute approximate surface area is 260 Å². The summed E-state index contributed by atoms with van der Waals surface area (Å²) in [5.74, 6) is 0. The molecular weight excluding hydrogens is 546 g/mol. The highest BCUT2D eigenvalue weighted by Gasteiger charge is 2.18. The summed E-state index contributed by atoms with van der Waals surface area (Å²) >= 11 is 0. The van der Waals surface area contributed by atoms with Gasteiger partial charge in [-0.1, -0.05) is 121 Å². The van der Waals surface area contributed by atoms with Gasteiger partial charge in [0.1, 0.15) is 11.2 Å². The molecule has 2 aromatic heterocycles. The largest absolute Gasteiger partial charge is 0.455 e. The molecule has 7 aromatic carbocycles. The fourth-order valence-corrected chi connectivity index (χ4v) is 6.97. The van der Waals surface area contributed by atoms with Crippen molar-refractivity contribution in [2.75, 3.05) is 0 Å². The first-order valence-corrected chi connectivity index (χ1v) is 15.3. The third kappa shape index (κ3) is 4.15. The van der Waals surface area contributed by atoms with E-state index in [0.717, 1.165) is 38.6 Å². The van der Waals surface area contributed by atoms with E-state index in [1.54, 1.807) is 0 Å². The third-order valence-corrected chi connectivity index (χ3v) is 8.96. The van der Waals surface area contributed by atoms with Crippen molar-refractivity contribution in [1.29, 1.82) is 0 Å². The second-order valence-corrected chi connectivity index (χ2v) is 11.5. The molecule has 2 heterocycles. The number of hydrogen-bond donors (Lipinski definition) is 0. The number of aromatic nitrogens is 1. The lowest BCUT2D eigenvalue weighted by Crippen LogP contribution is -1.91. The van der Waals surface area contributed by atoms with Gasteiger partial charge in [0.15, 0.2) is 0 Å². The van der Waals surface area contributed by atoms with Crippen LogP contribution < -0.4 is 0 Å². The number of rotatable bonds is 4. The quantitative estimate of drug-likeness (QED) is 0.196. The normalized spacial score (nSPS) is 11.6. The summed E-state index contributed by atoms with van der Waals surface area (Å²) in [6.45, 7) is 0. The van der Waals surface area contributed by atoms with Crippen LogP contribution in [0.25, 0.3) is 88.0 Å². The third-order valence-electron chi connectivity index (χ3n) is 8.96. The molecule has 2 nitrogen and oxygen atoms in total. The molecule has 0 saturated heterocycles. The van der Waals surface area contributed by atoms with Crippen LogP contribution in [0.15, 0.2) is 168 Å². The first-order chi connectivity index (χ1) is 22.3. The monoisotopic (exact) mass is 573 g/mol. The summed E-state index contributed by atoms with van der Waals surface area (Å²) in [6, 6.07) is 54.3. The van der Waals surface area contributed by atoms with E-state index in [4.69, 9.17) is 4.42 Å². The topological polar surface area (TPSA) is 26.0 Å². The maximum Gasteiger partial charge on any atom is 0.143 e. The molecule has 0 aliphatic rings. The first-order valence-electron chi connectivity index (χ1n) is 15.3. The molecule has 0 bridgehead atoms. The predicted octanol–water partition coefficient (Wildman–Crippen LogP) is 12.0. The van der Waals surface area contributed by atoms with Gasteiger partial charge < -0.3 is 4.42 Å². The Bertz CT molecular complexity index is 2480. The van der Waals surface area contributed by atoms with Crippen molar-refractivity contribution < 1.29 is 4.42 Å². The minimum Gasteiger partial charge on any atom is -0.455 e. The second kappa shape index (κ2) is 10.3. The van der Waals surface area contributed by atoms with Crippen molar-refractivity contribution in [2.45, 2.75) is 0 Å². The van der Waals surface area contributed by atoms with Gasteiger partial charge in [0, 0.05) is 28.7 Å². The highest BCUT2D eigenvalue weighted by molar-refractivity contribution is 6.21. The lowest BCUT2D eigenvalue weighted by atomic mass is 9.85. The fourth-order valence-electron chi connectivity index (χ4n) is 6.97. The first kappa shape index (κ1) is 25.5. The highest BCUT2D eigenvalue weighted by atomic mass is 16.3. The van der Waals surface area contributed by atoms with E-state index in [-0.39, 0.29) is 0 Å². The Hall–Kier alpha value is -5.99. The number of benzene rings is 7. The lowest BCUT2D eigenvalue weighted by Gasteiger charge is -2.18. The molecule has 0 N–H and O–H groups in total. The van der Waals surface area contributed by atoms with Crippen LogP contribution in [0.3, 0.4) is 0 Å². The van der Waals surface area contributed by atoms with Crippen LogP contribution in [-0.4, -0.2) is 4.98 Å². The van der Waals surface area contributed by atoms with E-state index in [1.165, 1.54) is 49.4 Å². The number of pyridine rings is 1. The predicted molar refractivity (Wildman–Crippen MR) is 188 cm³/mol. The average molecular weight is 574 g/mol. The maximum absolute atomic E-state index is 6.43. The molecule has 0 atom stereocenters. The molecule has 0 amide bonds. The second-order valence-electron chi connectivity index (χ2n) is 11.5. The van der Waals surface area contributed by atoms with Crippen molar-refractivity contribution in [3.8, 4) is 44.5 Å². The minimum atomic E-state index is 0.914. The molecule has 9 aromatic rings. The van der Waals surface area contributed by atoms with Gasteiger partial charge in [0.25, 0.3) is 0 Å². The van der Waals surface area contributed by atoms with Crippen LogP contribution in [0.1, 0.15) is 0 Å². The van der Waals surface area contributed by atoms with E-state index in [0.29, 0.717) is 0 Å². The molecule has 0 radical (unpaired) electrons. The van der Waals surface area contributed by atoms with Crippen molar-refractivity contribution in [2.24, 2.45) is 0 Å². The van der Waals surface area contributed by atoms with Crippen molar-refractivity contribution in [3.05, 3.63) is 164 Å². The van der Waals surface area contributed by atoms with Crippen LogP contribution in [0.4, 0.5) is 0 Å². The zero-order valence-corrected chi connectivity index (χ0v) is 24.4. The summed E-state index contributed by atoms with van der Waals surface area (Å²) in [5, 5.41) is 7.23. The van der Waals surface area contributed by atoms with E-state index in [9.17, 15) is 0 Å². The van der Waals surface area contributed by atoms with Gasteiger partial charge in [-0.15, -0.1) is 0 Å². The van der Waals surface area contributed by atoms with Crippen LogP contribution in [0.2, 0.25) is 0 Å². The van der Waals surface area contributed by atoms with Gasteiger partial charge in [-0.05, 0) is 90.8 Å². The van der Waals surface area contributed by atoms with Crippen molar-refractivity contribution in [3.63, 3.8) is 0 Å². The Morgan fingerprint density at radius 1 is 0.356 bits per heavy atom. The number of furan rings is 1. The molecule has 2 heteroatoms. The van der Waals surface area contributed by atoms with Crippen molar-refractivity contribution in [1.82, 2.24) is 4.98 Å². The summed E-state index contributed by atoms with van der Waals surface area (Å²) in [4.78, 5) is 4.22. The van der Waals surface area contributed by atoms with Gasteiger partial charge in [0.2, 0.25) is 0 Å². The van der Waals surface area contributed by atoms with E-state index < -0.39 is 0 Å². The van der Waals surface area contributed by atoms with E-state index in [2.05, 4.69) is 145 Å². The highest BCUT2D eigenvalue weighted by Crippen LogP contribution is 2.45. The Morgan fingerprint density at radius 3 is 1.49 bits per heavy atom. The molecule has 0 unspecified atom stereocenters. The van der Waals surface area contributed by atoms with Gasteiger partial charge in [0.05, 0.1) is 0 Å². The average Bonchev–Trinajstić information content (AvgIpc) is 3.50. The molecular formula is C43H27NO. The number of nitrogens with zero attached hydrogens (tertiary/aromatic N) is 1. The van der Waals surface area contributed by atoms with Crippen LogP contribution in [0.5, 0.6) is 0 Å². The van der Waals surface area contributed by atoms with Gasteiger partial charge >= 0.3 is 0 Å². The van der Waals surface area contributed by atoms with Crippen molar-refractivity contribution >= 4 is 43.5 Å². The summed E-state index contributed by atoms with van der Waals surface area (Å²) in [5.41, 5.74) is 11.3. The minimum absolute atomic E-state index is 0.914. The number of fused-ring (bicyclic) bond motifs is 5. The van der Waals surface area contributed by atoms with Gasteiger partial charge in [-0.3, -0.25) is 4.98 Å². The molecule has 0 saturated carbocycles. The van der Waals surface area contributed by atoms with Crippen LogP contribution in [-0.2, 0) is 0 Å². The van der Waals surface area contributed by atoms with Gasteiger partial charge in [-0.2, -0.15) is 0 Å². The summed E-state index contributed by atoms with van der Waals surface area (Å²) in [6.07, 6.45) is 3.70. The van der Waals surface area contributed by atoms with E-state index in [1.807, 2.05) is 24.5 Å². The Morgan fingerprint density at radius 2 is 0.844 bits per heavy atom. The van der Waals surface area contributed by atoms with E-state index >= 15 is 0 Å².